The first kappa shape index (κ1) is 19.8. The second kappa shape index (κ2) is 8.07. The van der Waals surface area contributed by atoms with Crippen LogP contribution in [0.15, 0.2) is 64.7 Å². The number of anilines is 1. The number of aromatic amines is 1. The number of H-pyrrole nitrogens is 1. The van der Waals surface area contributed by atoms with E-state index in [0.717, 1.165) is 29.6 Å². The van der Waals surface area contributed by atoms with Crippen LogP contribution in [0.2, 0.25) is 0 Å². The molecule has 2 aromatic carbocycles. The summed E-state index contributed by atoms with van der Waals surface area (Å²) in [5.41, 5.74) is 0.133. The lowest BCUT2D eigenvalue weighted by Crippen LogP contribution is -2.24. The Morgan fingerprint density at radius 3 is 2.53 bits per heavy atom. The summed E-state index contributed by atoms with van der Waals surface area (Å²) in [5.74, 6) is -2.39. The minimum absolute atomic E-state index is 0.182. The molecule has 0 spiro atoms. The summed E-state index contributed by atoms with van der Waals surface area (Å²) in [6.45, 7) is 1.54. The Hall–Kier alpha value is -3.53. The van der Waals surface area contributed by atoms with Crippen LogP contribution in [0.25, 0.3) is 16.7 Å². The van der Waals surface area contributed by atoms with Crippen molar-refractivity contribution in [2.75, 3.05) is 5.32 Å². The number of carbonyl (C=O) groups is 1. The van der Waals surface area contributed by atoms with Gasteiger partial charge in [-0.2, -0.15) is 5.10 Å². The van der Waals surface area contributed by atoms with Crippen molar-refractivity contribution >= 4 is 34.4 Å². The van der Waals surface area contributed by atoms with Gasteiger partial charge in [-0.3, -0.25) is 9.59 Å². The third-order valence-electron chi connectivity index (χ3n) is 4.29. The van der Waals surface area contributed by atoms with Crippen LogP contribution in [0, 0.1) is 11.6 Å². The van der Waals surface area contributed by atoms with Crippen molar-refractivity contribution < 1.29 is 13.6 Å². The second-order valence-electron chi connectivity index (χ2n) is 6.35. The van der Waals surface area contributed by atoms with Crippen molar-refractivity contribution in [3.63, 3.8) is 0 Å². The highest BCUT2D eigenvalue weighted by Gasteiger charge is 2.20. The Labute approximate surface area is 173 Å². The van der Waals surface area contributed by atoms with Gasteiger partial charge in [-0.25, -0.2) is 18.4 Å². The molecule has 4 aromatic rings. The Balaban J connectivity index is 1.60. The molecule has 152 valence electrons. The molecule has 10 heteroatoms. The first-order valence-corrected chi connectivity index (χ1v) is 9.77. The quantitative estimate of drug-likeness (QED) is 0.376. The first-order valence-electron chi connectivity index (χ1n) is 8.89. The number of rotatable bonds is 5. The van der Waals surface area contributed by atoms with Crippen LogP contribution in [0.1, 0.15) is 6.92 Å². The van der Waals surface area contributed by atoms with Crippen LogP contribution < -0.4 is 10.9 Å². The van der Waals surface area contributed by atoms with Crippen molar-refractivity contribution in [3.8, 4) is 5.69 Å². The maximum Gasteiger partial charge on any atom is 0.262 e. The van der Waals surface area contributed by atoms with Gasteiger partial charge >= 0.3 is 0 Å². The minimum atomic E-state index is -0.875. The van der Waals surface area contributed by atoms with Gasteiger partial charge in [0.05, 0.1) is 17.1 Å². The van der Waals surface area contributed by atoms with E-state index in [0.29, 0.717) is 11.0 Å². The molecule has 7 nitrogen and oxygen atoms in total. The predicted molar refractivity (Wildman–Crippen MR) is 110 cm³/mol. The summed E-state index contributed by atoms with van der Waals surface area (Å²) in [7, 11) is 0. The van der Waals surface area contributed by atoms with Crippen molar-refractivity contribution in [2.45, 2.75) is 17.3 Å². The Bertz CT molecular complexity index is 1270. The molecule has 0 bridgehead atoms. The largest absolute Gasteiger partial charge is 0.320 e. The molecule has 0 aliphatic heterocycles. The van der Waals surface area contributed by atoms with Crippen LogP contribution in [0.5, 0.6) is 0 Å². The summed E-state index contributed by atoms with van der Waals surface area (Å²) in [6, 6.07) is 12.5. The molecule has 2 aromatic heterocycles. The molecule has 4 rings (SSSR count). The highest BCUT2D eigenvalue weighted by atomic mass is 32.2. The number of benzene rings is 2. The van der Waals surface area contributed by atoms with Crippen LogP contribution in [-0.2, 0) is 4.79 Å². The normalized spacial score (nSPS) is 12.1. The van der Waals surface area contributed by atoms with E-state index in [-0.39, 0.29) is 5.16 Å². The fraction of sp³-hybridized carbons (Fsp3) is 0.100. The van der Waals surface area contributed by atoms with Gasteiger partial charge < -0.3 is 10.3 Å². The van der Waals surface area contributed by atoms with Crippen molar-refractivity contribution in [2.24, 2.45) is 0 Å². The number of nitrogens with one attached hydrogen (secondary N) is 2. The summed E-state index contributed by atoms with van der Waals surface area (Å²) in [5, 5.41) is 6.14. The predicted octanol–water partition coefficient (Wildman–Crippen LogP) is 3.51. The lowest BCUT2D eigenvalue weighted by molar-refractivity contribution is -0.115. The monoisotopic (exact) mass is 427 g/mol. The summed E-state index contributed by atoms with van der Waals surface area (Å²) in [6.07, 6.45) is 1.42. The number of hydrogen-bond donors (Lipinski definition) is 2. The molecule has 2 heterocycles. The van der Waals surface area contributed by atoms with Crippen molar-refractivity contribution in [3.05, 3.63) is 76.7 Å². The molecule has 0 saturated heterocycles. The number of fused-ring (bicyclic) bond motifs is 1. The number of para-hydroxylation sites is 2. The fourth-order valence-electron chi connectivity index (χ4n) is 2.78. The van der Waals surface area contributed by atoms with Gasteiger partial charge in [0.2, 0.25) is 5.91 Å². The highest BCUT2D eigenvalue weighted by molar-refractivity contribution is 8.00. The maximum absolute atomic E-state index is 13.8. The van der Waals surface area contributed by atoms with E-state index in [9.17, 15) is 18.4 Å². The van der Waals surface area contributed by atoms with E-state index in [4.69, 9.17) is 0 Å². The van der Waals surface area contributed by atoms with Gasteiger partial charge in [0.15, 0.2) is 10.8 Å². The van der Waals surface area contributed by atoms with Crippen molar-refractivity contribution in [1.29, 1.82) is 0 Å². The van der Waals surface area contributed by atoms with Crippen molar-refractivity contribution in [1.82, 2.24) is 19.7 Å². The molecule has 0 unspecified atom stereocenters. The van der Waals surface area contributed by atoms with Gasteiger partial charge in [-0.05, 0) is 31.2 Å². The number of aromatic nitrogens is 4. The lowest BCUT2D eigenvalue weighted by Gasteiger charge is -2.12. The average Bonchev–Trinajstić information content (AvgIpc) is 3.16. The Morgan fingerprint density at radius 2 is 1.83 bits per heavy atom. The number of carbonyl (C=O) groups excluding carboxylic acids is 1. The topological polar surface area (TPSA) is 92.7 Å². The SMILES string of the molecule is C[C@H](Sc1nc2c(cnn2-c2ccccc2)c(=O)[nH]1)C(=O)Nc1c(F)cccc1F. The number of thioether (sulfide) groups is 1. The zero-order valence-corrected chi connectivity index (χ0v) is 16.4. The highest BCUT2D eigenvalue weighted by Crippen LogP contribution is 2.24. The standard InChI is InChI=1S/C20H15F2N5O2S/c1-11(18(28)24-16-14(21)8-5-9-15(16)22)30-20-25-17-13(19(29)26-20)10-23-27(17)12-6-3-2-4-7-12/h2-11H,1H3,(H,24,28)(H,25,26,29)/t11-/m0/s1. The van der Waals surface area contributed by atoms with E-state index < -0.39 is 34.0 Å². The van der Waals surface area contributed by atoms with Gasteiger partial charge in [0, 0.05) is 0 Å². The molecule has 1 atom stereocenters. The van der Waals surface area contributed by atoms with E-state index in [2.05, 4.69) is 20.4 Å². The van der Waals surface area contributed by atoms with Gasteiger partial charge in [0.25, 0.3) is 5.56 Å². The molecule has 0 saturated carbocycles. The smallest absolute Gasteiger partial charge is 0.262 e. The second-order valence-corrected chi connectivity index (χ2v) is 7.68. The summed E-state index contributed by atoms with van der Waals surface area (Å²) < 4.78 is 29.1. The zero-order valence-electron chi connectivity index (χ0n) is 15.6. The molecule has 0 radical (unpaired) electrons. The number of hydrogen-bond acceptors (Lipinski definition) is 5. The van der Waals surface area contributed by atoms with E-state index in [1.807, 2.05) is 30.3 Å². The molecule has 0 aliphatic carbocycles. The molecule has 0 fully saturated rings. The summed E-state index contributed by atoms with van der Waals surface area (Å²) in [4.78, 5) is 31.8. The summed E-state index contributed by atoms with van der Waals surface area (Å²) >= 11 is 0.954. The molecule has 1 amide bonds. The number of nitrogens with zero attached hydrogens (tertiary/aromatic N) is 3. The molecular formula is C20H15F2N5O2S. The van der Waals surface area contributed by atoms with E-state index >= 15 is 0 Å². The zero-order chi connectivity index (χ0) is 21.3. The van der Waals surface area contributed by atoms with Gasteiger partial charge in [-0.1, -0.05) is 36.0 Å². The van der Waals surface area contributed by atoms with Crippen LogP contribution >= 0.6 is 11.8 Å². The Morgan fingerprint density at radius 1 is 1.13 bits per heavy atom. The van der Waals surface area contributed by atoms with Crippen LogP contribution in [-0.4, -0.2) is 30.9 Å². The average molecular weight is 427 g/mol. The molecule has 2 N–H and O–H groups in total. The van der Waals surface area contributed by atoms with Crippen LogP contribution in [0.3, 0.4) is 0 Å². The van der Waals surface area contributed by atoms with E-state index in [1.165, 1.54) is 23.9 Å². The van der Waals surface area contributed by atoms with E-state index in [1.54, 1.807) is 0 Å². The fourth-order valence-corrected chi connectivity index (χ4v) is 3.57. The van der Waals surface area contributed by atoms with Gasteiger partial charge in [-0.15, -0.1) is 0 Å². The molecule has 0 aliphatic rings. The number of amides is 1. The molecule has 30 heavy (non-hydrogen) atoms. The molecular weight excluding hydrogens is 412 g/mol. The van der Waals surface area contributed by atoms with Gasteiger partial charge in [0.1, 0.15) is 22.7 Å². The number of halogens is 2. The lowest BCUT2D eigenvalue weighted by atomic mass is 10.3. The van der Waals surface area contributed by atoms with Crippen LogP contribution in [0.4, 0.5) is 14.5 Å². The first-order chi connectivity index (χ1) is 14.4. The Kier molecular flexibility index (Phi) is 5.32. The third-order valence-corrected chi connectivity index (χ3v) is 5.27. The third kappa shape index (κ3) is 3.81. The minimum Gasteiger partial charge on any atom is -0.320 e. The maximum atomic E-state index is 13.8.